The molecule has 1 saturated carbocycles. The summed E-state index contributed by atoms with van der Waals surface area (Å²) in [5.41, 5.74) is 0. The second-order valence-corrected chi connectivity index (χ2v) is 9.33. The molecule has 3 aliphatic rings. The van der Waals surface area contributed by atoms with Crippen LogP contribution in [0.2, 0.25) is 0 Å². The maximum Gasteiger partial charge on any atom is 0.229 e. The van der Waals surface area contributed by atoms with Gasteiger partial charge in [-0.05, 0) is 19.3 Å². The monoisotopic (exact) mass is 405 g/mol. The summed E-state index contributed by atoms with van der Waals surface area (Å²) in [6, 6.07) is 0.712. The Morgan fingerprint density at radius 1 is 1.11 bits per heavy atom. The van der Waals surface area contributed by atoms with Gasteiger partial charge in [0, 0.05) is 51.6 Å². The van der Waals surface area contributed by atoms with Crippen LogP contribution >= 0.6 is 11.3 Å². The lowest BCUT2D eigenvalue weighted by molar-refractivity contribution is -0.137. The van der Waals surface area contributed by atoms with Crippen LogP contribution in [0.15, 0.2) is 0 Å². The number of aromatic nitrogens is 2. The van der Waals surface area contributed by atoms with Crippen LogP contribution < -0.4 is 4.90 Å². The minimum atomic E-state index is -0.243. The molecule has 7 nitrogen and oxygen atoms in total. The van der Waals surface area contributed by atoms with Crippen LogP contribution in [-0.2, 0) is 16.0 Å². The predicted octanol–water partition coefficient (Wildman–Crippen LogP) is 2.32. The molecule has 1 atom stereocenters. The van der Waals surface area contributed by atoms with Gasteiger partial charge in [0.2, 0.25) is 16.9 Å². The summed E-state index contributed by atoms with van der Waals surface area (Å²) in [6.07, 6.45) is 8.86. The third-order valence-electron chi connectivity index (χ3n) is 6.34. The molecule has 1 aromatic rings. The van der Waals surface area contributed by atoms with Crippen molar-refractivity contribution in [3.8, 4) is 0 Å². The zero-order valence-electron chi connectivity index (χ0n) is 16.8. The Bertz CT molecular complexity index is 695. The molecule has 0 aromatic carbocycles. The molecule has 4 rings (SSSR count). The summed E-state index contributed by atoms with van der Waals surface area (Å²) in [6.45, 7) is 6.07. The number of nitrogens with zero attached hydrogens (tertiary/aromatic N) is 5. The van der Waals surface area contributed by atoms with Crippen molar-refractivity contribution in [3.63, 3.8) is 0 Å². The van der Waals surface area contributed by atoms with Gasteiger partial charge in [-0.25, -0.2) is 0 Å². The van der Waals surface area contributed by atoms with E-state index in [2.05, 4.69) is 22.0 Å². The van der Waals surface area contributed by atoms with Gasteiger partial charge in [-0.15, -0.1) is 10.2 Å². The highest BCUT2D eigenvalue weighted by Crippen LogP contribution is 2.30. The van der Waals surface area contributed by atoms with Gasteiger partial charge in [0.25, 0.3) is 0 Å². The second-order valence-electron chi connectivity index (χ2n) is 8.29. The molecule has 3 fully saturated rings. The summed E-state index contributed by atoms with van der Waals surface area (Å²) < 4.78 is 0. The molecule has 0 radical (unpaired) electrons. The summed E-state index contributed by atoms with van der Waals surface area (Å²) in [7, 11) is 0. The van der Waals surface area contributed by atoms with Crippen molar-refractivity contribution >= 4 is 28.3 Å². The number of hydrogen-bond donors (Lipinski definition) is 0. The third kappa shape index (κ3) is 4.22. The lowest BCUT2D eigenvalue weighted by Gasteiger charge is -2.41. The summed E-state index contributed by atoms with van der Waals surface area (Å²) >= 11 is 1.48. The van der Waals surface area contributed by atoms with E-state index in [9.17, 15) is 9.59 Å². The maximum absolute atomic E-state index is 13.0. The van der Waals surface area contributed by atoms with Crippen LogP contribution in [0.1, 0.15) is 56.9 Å². The van der Waals surface area contributed by atoms with Crippen LogP contribution in [0, 0.1) is 5.92 Å². The van der Waals surface area contributed by atoms with Gasteiger partial charge in [0.05, 0.1) is 5.92 Å². The first-order valence-corrected chi connectivity index (χ1v) is 11.6. The molecule has 3 heterocycles. The SMILES string of the molecule is CCCc1nnc(N2CC(C(=O)N3CCN(C4CCCCC4)CC3)CC2=O)s1. The molecule has 2 aliphatic heterocycles. The van der Waals surface area contributed by atoms with Crippen molar-refractivity contribution < 1.29 is 9.59 Å². The predicted molar refractivity (Wildman–Crippen MR) is 109 cm³/mol. The minimum Gasteiger partial charge on any atom is -0.340 e. The fourth-order valence-electron chi connectivity index (χ4n) is 4.74. The largest absolute Gasteiger partial charge is 0.340 e. The van der Waals surface area contributed by atoms with Crippen LogP contribution in [0.5, 0.6) is 0 Å². The van der Waals surface area contributed by atoms with E-state index in [0.717, 1.165) is 44.0 Å². The lowest BCUT2D eigenvalue weighted by atomic mass is 9.93. The standard InChI is InChI=1S/C20H31N5O2S/c1-2-6-17-21-22-20(28-17)25-14-15(13-18(25)26)19(27)24-11-9-23(10-12-24)16-7-4-3-5-8-16/h15-16H,2-14H2,1H3. The molecule has 2 amide bonds. The Balaban J connectivity index is 1.31. The zero-order valence-corrected chi connectivity index (χ0v) is 17.6. The zero-order chi connectivity index (χ0) is 19.5. The van der Waals surface area contributed by atoms with Crippen molar-refractivity contribution in [1.82, 2.24) is 20.0 Å². The summed E-state index contributed by atoms with van der Waals surface area (Å²) in [4.78, 5) is 31.7. The number of rotatable bonds is 5. The number of amides is 2. The average Bonchev–Trinajstić information content (AvgIpc) is 3.35. The Kier molecular flexibility index (Phi) is 6.25. The average molecular weight is 406 g/mol. The van der Waals surface area contributed by atoms with Gasteiger partial charge in [0.1, 0.15) is 5.01 Å². The highest BCUT2D eigenvalue weighted by Gasteiger charge is 2.39. The molecular weight excluding hydrogens is 374 g/mol. The van der Waals surface area contributed by atoms with Gasteiger partial charge in [-0.3, -0.25) is 19.4 Å². The second kappa shape index (κ2) is 8.86. The van der Waals surface area contributed by atoms with E-state index in [1.54, 1.807) is 4.90 Å². The fourth-order valence-corrected chi connectivity index (χ4v) is 5.71. The van der Waals surface area contributed by atoms with Crippen molar-refractivity contribution in [2.75, 3.05) is 37.6 Å². The molecule has 8 heteroatoms. The molecular formula is C20H31N5O2S. The number of piperazine rings is 1. The van der Waals surface area contributed by atoms with Crippen LogP contribution in [-0.4, -0.2) is 70.6 Å². The quantitative estimate of drug-likeness (QED) is 0.752. The molecule has 154 valence electrons. The Morgan fingerprint density at radius 2 is 1.86 bits per heavy atom. The molecule has 1 aliphatic carbocycles. The van der Waals surface area contributed by atoms with E-state index in [4.69, 9.17) is 0 Å². The minimum absolute atomic E-state index is 0.00149. The highest BCUT2D eigenvalue weighted by molar-refractivity contribution is 7.15. The molecule has 0 bridgehead atoms. The van der Waals surface area contributed by atoms with E-state index < -0.39 is 0 Å². The van der Waals surface area contributed by atoms with Crippen LogP contribution in [0.4, 0.5) is 5.13 Å². The Morgan fingerprint density at radius 3 is 2.57 bits per heavy atom. The summed E-state index contributed by atoms with van der Waals surface area (Å²) in [5, 5.41) is 9.95. The number of anilines is 1. The van der Waals surface area contributed by atoms with Crippen LogP contribution in [0.3, 0.4) is 0 Å². The van der Waals surface area contributed by atoms with Gasteiger partial charge < -0.3 is 4.90 Å². The number of hydrogen-bond acceptors (Lipinski definition) is 6. The smallest absolute Gasteiger partial charge is 0.229 e. The number of carbonyl (C=O) groups excluding carboxylic acids is 2. The molecule has 1 unspecified atom stereocenters. The number of aryl methyl sites for hydroxylation is 1. The van der Waals surface area contributed by atoms with Crippen molar-refractivity contribution in [3.05, 3.63) is 5.01 Å². The van der Waals surface area contributed by atoms with Gasteiger partial charge >= 0.3 is 0 Å². The highest BCUT2D eigenvalue weighted by atomic mass is 32.1. The number of carbonyl (C=O) groups is 2. The van der Waals surface area contributed by atoms with Crippen LogP contribution in [0.25, 0.3) is 0 Å². The molecule has 28 heavy (non-hydrogen) atoms. The van der Waals surface area contributed by atoms with Gasteiger partial charge in [0.15, 0.2) is 0 Å². The van der Waals surface area contributed by atoms with Gasteiger partial charge in [-0.1, -0.05) is 37.5 Å². The first-order valence-electron chi connectivity index (χ1n) is 10.8. The summed E-state index contributed by atoms with van der Waals surface area (Å²) in [5.74, 6) is -0.108. The maximum atomic E-state index is 13.0. The van der Waals surface area contributed by atoms with E-state index >= 15 is 0 Å². The Labute approximate surface area is 171 Å². The lowest BCUT2D eigenvalue weighted by Crippen LogP contribution is -2.53. The topological polar surface area (TPSA) is 69.6 Å². The van der Waals surface area contributed by atoms with E-state index in [-0.39, 0.29) is 17.7 Å². The van der Waals surface area contributed by atoms with Crippen molar-refractivity contribution in [1.29, 1.82) is 0 Å². The first kappa shape index (κ1) is 19.8. The molecule has 0 N–H and O–H groups in total. The molecule has 0 spiro atoms. The first-order chi connectivity index (χ1) is 13.7. The van der Waals surface area contributed by atoms with Gasteiger partial charge in [-0.2, -0.15) is 0 Å². The van der Waals surface area contributed by atoms with E-state index in [0.29, 0.717) is 24.1 Å². The third-order valence-corrected chi connectivity index (χ3v) is 7.35. The van der Waals surface area contributed by atoms with E-state index in [1.807, 2.05) is 4.90 Å². The molecule has 2 saturated heterocycles. The van der Waals surface area contributed by atoms with Crippen molar-refractivity contribution in [2.24, 2.45) is 5.92 Å². The van der Waals surface area contributed by atoms with Crippen molar-refractivity contribution in [2.45, 2.75) is 64.3 Å². The molecule has 1 aromatic heterocycles. The normalized spacial score (nSPS) is 24.9. The Hall–Kier alpha value is -1.54. The fraction of sp³-hybridized carbons (Fsp3) is 0.800. The van der Waals surface area contributed by atoms with E-state index in [1.165, 1.54) is 43.4 Å².